The van der Waals surface area contributed by atoms with Gasteiger partial charge in [0.15, 0.2) is 4.96 Å². The van der Waals surface area contributed by atoms with E-state index in [-0.39, 0.29) is 5.91 Å². The summed E-state index contributed by atoms with van der Waals surface area (Å²) in [4.78, 5) is 17.9. The fourth-order valence-electron chi connectivity index (χ4n) is 3.58. The highest BCUT2D eigenvalue weighted by Crippen LogP contribution is 2.25. The predicted molar refractivity (Wildman–Crippen MR) is 110 cm³/mol. The number of nitrogens with one attached hydrogen (secondary N) is 1. The maximum absolute atomic E-state index is 12.3. The standard InChI is InChI=1S/C21H24N4OS/c1-2-15-8-10-17(11-9-15)23-24-20(26)12-18-14-27-21-22-19(13-25(18)21)16-6-4-3-5-7-16/h3-7,13-15H,2,8-12H2,1H3,(H,24,26). The van der Waals surface area contributed by atoms with Gasteiger partial charge >= 0.3 is 0 Å². The second-order valence-electron chi connectivity index (χ2n) is 7.11. The number of rotatable bonds is 5. The summed E-state index contributed by atoms with van der Waals surface area (Å²) < 4.78 is 2.01. The minimum absolute atomic E-state index is 0.0743. The number of hydrogen-bond acceptors (Lipinski definition) is 4. The normalized spacial score (nSPS) is 17.2. The van der Waals surface area contributed by atoms with E-state index in [4.69, 9.17) is 0 Å². The van der Waals surface area contributed by atoms with Crippen molar-refractivity contribution in [1.82, 2.24) is 14.8 Å². The molecule has 6 heteroatoms. The minimum Gasteiger partial charge on any atom is -0.294 e. The van der Waals surface area contributed by atoms with Crippen molar-refractivity contribution in [3.63, 3.8) is 0 Å². The van der Waals surface area contributed by atoms with E-state index in [0.29, 0.717) is 6.42 Å². The van der Waals surface area contributed by atoms with Crippen LogP contribution in [-0.2, 0) is 11.2 Å². The number of hydrogen-bond donors (Lipinski definition) is 1. The first-order valence-corrected chi connectivity index (χ1v) is 10.5. The number of carbonyl (C=O) groups excluding carboxylic acids is 1. The summed E-state index contributed by atoms with van der Waals surface area (Å²) in [6, 6.07) is 10.1. The van der Waals surface area contributed by atoms with Gasteiger partial charge in [0.1, 0.15) is 0 Å². The Morgan fingerprint density at radius 3 is 2.81 bits per heavy atom. The Bertz CT molecular complexity index is 947. The molecule has 2 aromatic heterocycles. The molecule has 0 spiro atoms. The van der Waals surface area contributed by atoms with Gasteiger partial charge in [-0.15, -0.1) is 11.3 Å². The van der Waals surface area contributed by atoms with E-state index in [0.717, 1.165) is 46.4 Å². The molecule has 1 aliphatic rings. The lowest BCUT2D eigenvalue weighted by molar-refractivity contribution is -0.120. The van der Waals surface area contributed by atoms with Gasteiger partial charge < -0.3 is 0 Å². The van der Waals surface area contributed by atoms with Crippen LogP contribution < -0.4 is 5.43 Å². The molecular weight excluding hydrogens is 356 g/mol. The number of aromatic nitrogens is 2. The van der Waals surface area contributed by atoms with Crippen molar-refractivity contribution in [2.45, 2.75) is 45.4 Å². The first kappa shape index (κ1) is 17.9. The Labute approximate surface area is 163 Å². The SMILES string of the molecule is CCC1CCC(=NNC(=O)Cc2csc3nc(-c4ccccc4)cn23)CC1. The monoisotopic (exact) mass is 380 g/mol. The highest BCUT2D eigenvalue weighted by molar-refractivity contribution is 7.15. The van der Waals surface area contributed by atoms with E-state index in [9.17, 15) is 4.79 Å². The second-order valence-corrected chi connectivity index (χ2v) is 7.95. The van der Waals surface area contributed by atoms with E-state index in [1.54, 1.807) is 11.3 Å². The van der Waals surface area contributed by atoms with Crippen molar-refractivity contribution in [2.24, 2.45) is 11.0 Å². The number of fused-ring (bicyclic) bond motifs is 1. The molecule has 2 heterocycles. The number of nitrogens with zero attached hydrogens (tertiary/aromatic N) is 3. The van der Waals surface area contributed by atoms with Gasteiger partial charge in [-0.3, -0.25) is 9.20 Å². The van der Waals surface area contributed by atoms with E-state index < -0.39 is 0 Å². The number of imidazole rings is 1. The van der Waals surface area contributed by atoms with Crippen LogP contribution in [0.4, 0.5) is 0 Å². The summed E-state index contributed by atoms with van der Waals surface area (Å²) in [5, 5.41) is 6.36. The molecule has 1 aliphatic carbocycles. The summed E-state index contributed by atoms with van der Waals surface area (Å²) in [7, 11) is 0. The van der Waals surface area contributed by atoms with Gasteiger partial charge in [0.2, 0.25) is 5.91 Å². The molecule has 140 valence electrons. The second kappa shape index (κ2) is 8.05. The average molecular weight is 381 g/mol. The summed E-state index contributed by atoms with van der Waals surface area (Å²) in [6.45, 7) is 2.25. The van der Waals surface area contributed by atoms with Crippen LogP contribution in [0.3, 0.4) is 0 Å². The molecule has 1 aromatic carbocycles. The lowest BCUT2D eigenvalue weighted by atomic mass is 9.86. The van der Waals surface area contributed by atoms with Crippen LogP contribution in [0, 0.1) is 5.92 Å². The van der Waals surface area contributed by atoms with Crippen molar-refractivity contribution < 1.29 is 4.79 Å². The number of hydrazone groups is 1. The largest absolute Gasteiger partial charge is 0.294 e. The molecule has 1 N–H and O–H groups in total. The third kappa shape index (κ3) is 4.11. The molecule has 0 saturated heterocycles. The third-order valence-corrected chi connectivity index (χ3v) is 6.18. The van der Waals surface area contributed by atoms with Crippen molar-refractivity contribution in [3.8, 4) is 11.3 Å². The fraction of sp³-hybridized carbons (Fsp3) is 0.381. The number of thiazole rings is 1. The number of carbonyl (C=O) groups is 1. The van der Waals surface area contributed by atoms with Gasteiger partial charge in [0.25, 0.3) is 0 Å². The van der Waals surface area contributed by atoms with Crippen molar-refractivity contribution in [3.05, 3.63) is 47.6 Å². The van der Waals surface area contributed by atoms with Gasteiger partial charge in [0.05, 0.1) is 12.1 Å². The van der Waals surface area contributed by atoms with Crippen LogP contribution in [0.5, 0.6) is 0 Å². The van der Waals surface area contributed by atoms with Gasteiger partial charge in [-0.2, -0.15) is 5.10 Å². The van der Waals surface area contributed by atoms with Crippen LogP contribution in [0.2, 0.25) is 0 Å². The Balaban J connectivity index is 1.41. The van der Waals surface area contributed by atoms with E-state index in [1.165, 1.54) is 19.3 Å². The van der Waals surface area contributed by atoms with Crippen molar-refractivity contribution in [2.75, 3.05) is 0 Å². The molecule has 1 saturated carbocycles. The molecule has 1 amide bonds. The van der Waals surface area contributed by atoms with Crippen molar-refractivity contribution >= 4 is 27.9 Å². The average Bonchev–Trinajstić information content (AvgIpc) is 3.29. The molecular formula is C21H24N4OS. The molecule has 27 heavy (non-hydrogen) atoms. The molecule has 0 aliphatic heterocycles. The van der Waals surface area contributed by atoms with Crippen LogP contribution in [0.15, 0.2) is 47.0 Å². The summed E-state index contributed by atoms with van der Waals surface area (Å²) in [5.74, 6) is 0.744. The van der Waals surface area contributed by atoms with Gasteiger partial charge in [-0.1, -0.05) is 43.7 Å². The topological polar surface area (TPSA) is 58.8 Å². The van der Waals surface area contributed by atoms with E-state index >= 15 is 0 Å². The molecule has 0 unspecified atom stereocenters. The van der Waals surface area contributed by atoms with Crippen LogP contribution in [0.25, 0.3) is 16.2 Å². The van der Waals surface area contributed by atoms with Crippen molar-refractivity contribution in [1.29, 1.82) is 0 Å². The summed E-state index contributed by atoms with van der Waals surface area (Å²) in [5.41, 5.74) is 6.82. The Hall–Kier alpha value is -2.47. The summed E-state index contributed by atoms with van der Waals surface area (Å²) in [6.07, 6.45) is 7.93. The lowest BCUT2D eigenvalue weighted by Crippen LogP contribution is -2.23. The van der Waals surface area contributed by atoms with Gasteiger partial charge in [-0.25, -0.2) is 10.4 Å². The van der Waals surface area contributed by atoms with E-state index in [2.05, 4.69) is 22.4 Å². The van der Waals surface area contributed by atoms with Crippen LogP contribution >= 0.6 is 11.3 Å². The smallest absolute Gasteiger partial charge is 0.246 e. The minimum atomic E-state index is -0.0743. The first-order valence-electron chi connectivity index (χ1n) is 9.58. The number of amides is 1. The highest BCUT2D eigenvalue weighted by Gasteiger charge is 2.17. The molecule has 0 radical (unpaired) electrons. The number of benzene rings is 1. The molecule has 1 fully saturated rings. The zero-order chi connectivity index (χ0) is 18.6. The molecule has 0 bridgehead atoms. The fourth-order valence-corrected chi connectivity index (χ4v) is 4.45. The Morgan fingerprint density at radius 1 is 1.30 bits per heavy atom. The maximum atomic E-state index is 12.3. The zero-order valence-corrected chi connectivity index (χ0v) is 16.3. The Kier molecular flexibility index (Phi) is 5.34. The molecule has 4 rings (SSSR count). The van der Waals surface area contributed by atoms with Gasteiger partial charge in [0, 0.05) is 28.5 Å². The lowest BCUT2D eigenvalue weighted by Gasteiger charge is -2.21. The first-order chi connectivity index (χ1) is 13.2. The van der Waals surface area contributed by atoms with Crippen LogP contribution in [0.1, 0.15) is 44.7 Å². The van der Waals surface area contributed by atoms with Crippen LogP contribution in [-0.4, -0.2) is 21.0 Å². The molecule has 3 aromatic rings. The van der Waals surface area contributed by atoms with Gasteiger partial charge in [-0.05, 0) is 31.6 Å². The zero-order valence-electron chi connectivity index (χ0n) is 15.5. The molecule has 0 atom stereocenters. The van der Waals surface area contributed by atoms with E-state index in [1.807, 2.05) is 46.3 Å². The predicted octanol–water partition coefficient (Wildman–Crippen LogP) is 4.68. The quantitative estimate of drug-likeness (QED) is 0.654. The highest BCUT2D eigenvalue weighted by atomic mass is 32.1. The summed E-state index contributed by atoms with van der Waals surface area (Å²) >= 11 is 1.56. The maximum Gasteiger partial charge on any atom is 0.246 e. The molecule has 5 nitrogen and oxygen atoms in total. The third-order valence-electron chi connectivity index (χ3n) is 5.29. The Morgan fingerprint density at radius 2 is 2.07 bits per heavy atom.